The average molecular weight is 513 g/mol. The van der Waals surface area contributed by atoms with E-state index in [0.717, 1.165) is 25.9 Å². The Morgan fingerprint density at radius 3 is 1.41 bits per heavy atom. The number of rotatable bonds is 8. The third-order valence-electron chi connectivity index (χ3n) is 8.32. The van der Waals surface area contributed by atoms with Gasteiger partial charge in [0.05, 0.1) is 0 Å². The summed E-state index contributed by atoms with van der Waals surface area (Å²) in [5.74, 6) is 0. The van der Waals surface area contributed by atoms with E-state index in [0.29, 0.717) is 0 Å². The first-order chi connectivity index (χ1) is 19.3. The fraction of sp³-hybridized carbons (Fsp3) is 0.297. The smallest absolute Gasteiger partial charge is 0.0366 e. The number of piperidine rings is 1. The number of fused-ring (bicyclic) bond motifs is 2. The molecule has 0 unspecified atom stereocenters. The van der Waals surface area contributed by atoms with Crippen molar-refractivity contribution in [2.75, 3.05) is 36.0 Å². The van der Waals surface area contributed by atoms with Gasteiger partial charge in [0.15, 0.2) is 0 Å². The van der Waals surface area contributed by atoms with Crippen LogP contribution in [0.25, 0.3) is 43.8 Å². The predicted octanol–water partition coefficient (Wildman–Crippen LogP) is 9.94. The Balaban J connectivity index is 1.48. The minimum Gasteiger partial charge on any atom is -0.372 e. The van der Waals surface area contributed by atoms with Crippen molar-refractivity contribution in [3.8, 4) is 22.3 Å². The van der Waals surface area contributed by atoms with E-state index in [9.17, 15) is 0 Å². The summed E-state index contributed by atoms with van der Waals surface area (Å²) in [5.41, 5.74) is 7.92. The molecule has 0 atom stereocenters. The van der Waals surface area contributed by atoms with Crippen LogP contribution in [0.5, 0.6) is 0 Å². The summed E-state index contributed by atoms with van der Waals surface area (Å²) in [6, 6.07) is 36.6. The second-order valence-corrected chi connectivity index (χ2v) is 11.0. The first-order valence-electron chi connectivity index (χ1n) is 14.9. The molecule has 0 aliphatic carbocycles. The fourth-order valence-electron chi connectivity index (χ4n) is 6.49. The number of hydrogen-bond acceptors (Lipinski definition) is 2. The maximum Gasteiger partial charge on any atom is 0.0366 e. The molecule has 1 fully saturated rings. The lowest BCUT2D eigenvalue weighted by atomic mass is 9.86. The lowest BCUT2D eigenvalue weighted by Gasteiger charge is -2.29. The summed E-state index contributed by atoms with van der Waals surface area (Å²) in [5, 5.41) is 5.27. The van der Waals surface area contributed by atoms with Crippen LogP contribution in [0.2, 0.25) is 0 Å². The van der Waals surface area contributed by atoms with Crippen molar-refractivity contribution < 1.29 is 0 Å². The van der Waals surface area contributed by atoms with Gasteiger partial charge in [-0.3, -0.25) is 0 Å². The second-order valence-electron chi connectivity index (χ2n) is 11.0. The van der Waals surface area contributed by atoms with Crippen molar-refractivity contribution in [1.82, 2.24) is 0 Å². The van der Waals surface area contributed by atoms with Gasteiger partial charge < -0.3 is 9.80 Å². The van der Waals surface area contributed by atoms with E-state index in [4.69, 9.17) is 0 Å². The highest BCUT2D eigenvalue weighted by Gasteiger charge is 2.17. The molecule has 2 nitrogen and oxygen atoms in total. The van der Waals surface area contributed by atoms with Crippen molar-refractivity contribution in [2.24, 2.45) is 0 Å². The molecule has 0 spiro atoms. The van der Waals surface area contributed by atoms with Crippen molar-refractivity contribution in [3.63, 3.8) is 0 Å². The van der Waals surface area contributed by atoms with E-state index in [2.05, 4.69) is 121 Å². The minimum atomic E-state index is 1.10. The maximum absolute atomic E-state index is 2.54. The maximum atomic E-state index is 2.54. The molecular weight excluding hydrogens is 472 g/mol. The van der Waals surface area contributed by atoms with E-state index in [1.54, 1.807) is 0 Å². The monoisotopic (exact) mass is 512 g/mol. The van der Waals surface area contributed by atoms with Crippen LogP contribution < -0.4 is 9.80 Å². The summed E-state index contributed by atoms with van der Waals surface area (Å²) in [7, 11) is 0. The zero-order chi connectivity index (χ0) is 26.6. The normalized spacial score (nSPS) is 13.7. The molecular formula is C37H40N2. The van der Waals surface area contributed by atoms with Crippen LogP contribution in [0, 0.1) is 0 Å². The summed E-state index contributed by atoms with van der Waals surface area (Å²) in [6.45, 7) is 9.07. The number of benzene rings is 5. The molecule has 39 heavy (non-hydrogen) atoms. The lowest BCUT2D eigenvalue weighted by Crippen LogP contribution is -2.29. The Kier molecular flexibility index (Phi) is 7.54. The van der Waals surface area contributed by atoms with Crippen LogP contribution in [-0.2, 0) is 0 Å². The summed E-state index contributed by atoms with van der Waals surface area (Å²) in [6.07, 6.45) is 6.29. The zero-order valence-electron chi connectivity index (χ0n) is 23.5. The third-order valence-corrected chi connectivity index (χ3v) is 8.32. The predicted molar refractivity (Wildman–Crippen MR) is 171 cm³/mol. The largest absolute Gasteiger partial charge is 0.372 e. The van der Waals surface area contributed by atoms with Crippen molar-refractivity contribution in [2.45, 2.75) is 46.0 Å². The lowest BCUT2D eigenvalue weighted by molar-refractivity contribution is 0.578. The number of anilines is 2. The van der Waals surface area contributed by atoms with Crippen LogP contribution in [-0.4, -0.2) is 26.2 Å². The van der Waals surface area contributed by atoms with Crippen LogP contribution >= 0.6 is 0 Å². The molecule has 1 saturated heterocycles. The molecule has 1 aliphatic rings. The van der Waals surface area contributed by atoms with Crippen LogP contribution in [0.15, 0.2) is 97.1 Å². The van der Waals surface area contributed by atoms with E-state index in [1.165, 1.54) is 87.5 Å². The van der Waals surface area contributed by atoms with E-state index >= 15 is 0 Å². The Morgan fingerprint density at radius 2 is 0.974 bits per heavy atom. The Hall–Kier alpha value is -3.78. The van der Waals surface area contributed by atoms with Crippen LogP contribution in [0.1, 0.15) is 46.0 Å². The van der Waals surface area contributed by atoms with Gasteiger partial charge in [-0.2, -0.15) is 0 Å². The molecule has 5 aromatic rings. The topological polar surface area (TPSA) is 6.48 Å². The van der Waals surface area contributed by atoms with Gasteiger partial charge in [-0.1, -0.05) is 86.6 Å². The van der Waals surface area contributed by atoms with Gasteiger partial charge in [0.1, 0.15) is 0 Å². The van der Waals surface area contributed by atoms with Gasteiger partial charge in [-0.25, -0.2) is 0 Å². The molecule has 6 rings (SSSR count). The molecule has 0 bridgehead atoms. The van der Waals surface area contributed by atoms with E-state index in [-0.39, 0.29) is 0 Å². The fourth-order valence-corrected chi connectivity index (χ4v) is 6.49. The summed E-state index contributed by atoms with van der Waals surface area (Å²) < 4.78 is 0. The SMILES string of the molecule is CCCN(CCC)c1ccc(-c2c3ccccc3c(-c3ccc(N4CCCCC4)cc3)c3ccccc23)cc1. The quantitative estimate of drug-likeness (QED) is 0.191. The van der Waals surface area contributed by atoms with Crippen molar-refractivity contribution in [1.29, 1.82) is 0 Å². The minimum absolute atomic E-state index is 1.10. The highest BCUT2D eigenvalue weighted by atomic mass is 15.1. The Morgan fingerprint density at radius 1 is 0.538 bits per heavy atom. The molecule has 0 saturated carbocycles. The number of hydrogen-bond donors (Lipinski definition) is 0. The van der Waals surface area contributed by atoms with Gasteiger partial charge in [0.25, 0.3) is 0 Å². The molecule has 198 valence electrons. The van der Waals surface area contributed by atoms with Gasteiger partial charge in [-0.15, -0.1) is 0 Å². The molecule has 2 heteroatoms. The van der Waals surface area contributed by atoms with E-state index in [1.807, 2.05) is 0 Å². The standard InChI is InChI=1S/C37H40N2/c1-3-24-38(25-4-2)30-20-16-28(17-21-30)36-32-12-6-8-14-34(32)37(35-15-9-7-13-33(35)36)29-18-22-31(23-19-29)39-26-10-5-11-27-39/h6-9,12-23H,3-5,10-11,24-27H2,1-2H3. The van der Waals surface area contributed by atoms with Gasteiger partial charge in [0, 0.05) is 37.6 Å². The van der Waals surface area contributed by atoms with Gasteiger partial charge in [0.2, 0.25) is 0 Å². The Labute approximate surface area is 233 Å². The zero-order valence-corrected chi connectivity index (χ0v) is 23.5. The molecule has 5 aromatic carbocycles. The average Bonchev–Trinajstić information content (AvgIpc) is 3.00. The molecule has 1 heterocycles. The van der Waals surface area contributed by atoms with Crippen LogP contribution in [0.3, 0.4) is 0 Å². The van der Waals surface area contributed by atoms with Crippen molar-refractivity contribution in [3.05, 3.63) is 97.1 Å². The molecule has 1 aliphatic heterocycles. The van der Waals surface area contributed by atoms with E-state index < -0.39 is 0 Å². The highest BCUT2D eigenvalue weighted by molar-refractivity contribution is 6.21. The van der Waals surface area contributed by atoms with Crippen molar-refractivity contribution >= 4 is 32.9 Å². The van der Waals surface area contributed by atoms with Gasteiger partial charge in [-0.05, 0) is 100 Å². The third kappa shape index (κ3) is 5.01. The first kappa shape index (κ1) is 25.5. The Bertz CT molecular complexity index is 1480. The molecule has 0 aromatic heterocycles. The summed E-state index contributed by atoms with van der Waals surface area (Å²) >= 11 is 0. The molecule has 0 amide bonds. The summed E-state index contributed by atoms with van der Waals surface area (Å²) in [4.78, 5) is 5.05. The highest BCUT2D eigenvalue weighted by Crippen LogP contribution is 2.44. The second kappa shape index (κ2) is 11.5. The molecule has 0 radical (unpaired) electrons. The molecule has 0 N–H and O–H groups in total. The number of nitrogens with zero attached hydrogens (tertiary/aromatic N) is 2. The van der Waals surface area contributed by atoms with Gasteiger partial charge >= 0.3 is 0 Å². The van der Waals surface area contributed by atoms with Crippen LogP contribution in [0.4, 0.5) is 11.4 Å². The first-order valence-corrected chi connectivity index (χ1v) is 14.9.